The van der Waals surface area contributed by atoms with Gasteiger partial charge in [-0.05, 0) is 31.0 Å². The number of rotatable bonds is 6. The van der Waals surface area contributed by atoms with Crippen LogP contribution >= 0.6 is 0 Å². The SMILES string of the molecule is CC(Cc1ccc(F)cc1)NCCn1ccnc1. The Morgan fingerprint density at radius 2 is 2.11 bits per heavy atom. The summed E-state index contributed by atoms with van der Waals surface area (Å²) in [6, 6.07) is 7.06. The van der Waals surface area contributed by atoms with Crippen molar-refractivity contribution in [3.05, 3.63) is 54.4 Å². The number of nitrogens with one attached hydrogen (secondary N) is 1. The predicted octanol–water partition coefficient (Wildman–Crippen LogP) is 2.24. The first kappa shape index (κ1) is 12.8. The number of nitrogens with zero attached hydrogens (tertiary/aromatic N) is 2. The Kier molecular flexibility index (Phi) is 4.47. The van der Waals surface area contributed by atoms with Crippen LogP contribution in [0.5, 0.6) is 0 Å². The molecule has 0 amide bonds. The molecule has 0 aliphatic carbocycles. The lowest BCUT2D eigenvalue weighted by Crippen LogP contribution is -2.30. The molecule has 1 aromatic carbocycles. The largest absolute Gasteiger partial charge is 0.336 e. The van der Waals surface area contributed by atoms with Crippen LogP contribution in [0.25, 0.3) is 0 Å². The molecule has 18 heavy (non-hydrogen) atoms. The number of hydrogen-bond acceptors (Lipinski definition) is 2. The molecule has 0 bridgehead atoms. The first-order valence-corrected chi connectivity index (χ1v) is 6.17. The van der Waals surface area contributed by atoms with Gasteiger partial charge in [-0.2, -0.15) is 0 Å². The maximum atomic E-state index is 12.8. The van der Waals surface area contributed by atoms with E-state index in [1.54, 1.807) is 6.20 Å². The van der Waals surface area contributed by atoms with Gasteiger partial charge < -0.3 is 9.88 Å². The average molecular weight is 247 g/mol. The summed E-state index contributed by atoms with van der Waals surface area (Å²) >= 11 is 0. The Balaban J connectivity index is 1.71. The van der Waals surface area contributed by atoms with Crippen LogP contribution in [-0.2, 0) is 13.0 Å². The molecule has 0 radical (unpaired) electrons. The zero-order valence-corrected chi connectivity index (χ0v) is 10.5. The molecule has 0 saturated heterocycles. The van der Waals surface area contributed by atoms with Crippen molar-refractivity contribution in [3.8, 4) is 0 Å². The lowest BCUT2D eigenvalue weighted by Gasteiger charge is -2.14. The molecule has 4 heteroatoms. The van der Waals surface area contributed by atoms with E-state index in [0.717, 1.165) is 25.1 Å². The summed E-state index contributed by atoms with van der Waals surface area (Å²) in [6.45, 7) is 3.95. The van der Waals surface area contributed by atoms with Crippen LogP contribution in [0.1, 0.15) is 12.5 Å². The van der Waals surface area contributed by atoms with Gasteiger partial charge in [0.15, 0.2) is 0 Å². The maximum absolute atomic E-state index is 12.8. The summed E-state index contributed by atoms with van der Waals surface area (Å²) in [5.74, 6) is -0.181. The lowest BCUT2D eigenvalue weighted by molar-refractivity contribution is 0.512. The van der Waals surface area contributed by atoms with Gasteiger partial charge in [-0.3, -0.25) is 0 Å². The smallest absolute Gasteiger partial charge is 0.123 e. The summed E-state index contributed by atoms with van der Waals surface area (Å²) in [5, 5.41) is 3.44. The lowest BCUT2D eigenvalue weighted by atomic mass is 10.1. The highest BCUT2D eigenvalue weighted by Crippen LogP contribution is 2.05. The minimum Gasteiger partial charge on any atom is -0.336 e. The van der Waals surface area contributed by atoms with E-state index in [1.807, 2.05) is 29.2 Å². The van der Waals surface area contributed by atoms with Crippen molar-refractivity contribution in [2.45, 2.75) is 25.9 Å². The molecule has 0 fully saturated rings. The van der Waals surface area contributed by atoms with Gasteiger partial charge in [0.05, 0.1) is 6.33 Å². The van der Waals surface area contributed by atoms with Crippen molar-refractivity contribution in [2.75, 3.05) is 6.54 Å². The minimum absolute atomic E-state index is 0.181. The summed E-state index contributed by atoms with van der Waals surface area (Å²) in [5.41, 5.74) is 1.15. The van der Waals surface area contributed by atoms with Crippen molar-refractivity contribution < 1.29 is 4.39 Å². The zero-order chi connectivity index (χ0) is 12.8. The highest BCUT2D eigenvalue weighted by Gasteiger charge is 2.03. The standard InChI is InChI=1S/C14H18FN3/c1-12(10-13-2-4-14(15)5-3-13)17-7-9-18-8-6-16-11-18/h2-6,8,11-12,17H,7,9-10H2,1H3. The Morgan fingerprint density at radius 3 is 2.78 bits per heavy atom. The highest BCUT2D eigenvalue weighted by atomic mass is 19.1. The van der Waals surface area contributed by atoms with Crippen LogP contribution in [0.2, 0.25) is 0 Å². The molecular formula is C14H18FN3. The van der Waals surface area contributed by atoms with Crippen molar-refractivity contribution >= 4 is 0 Å². The second-order valence-corrected chi connectivity index (χ2v) is 4.49. The van der Waals surface area contributed by atoms with Crippen LogP contribution in [0.3, 0.4) is 0 Å². The summed E-state index contributed by atoms with van der Waals surface area (Å²) in [6.07, 6.45) is 6.45. The summed E-state index contributed by atoms with van der Waals surface area (Å²) in [4.78, 5) is 4.00. The first-order valence-electron chi connectivity index (χ1n) is 6.17. The first-order chi connectivity index (χ1) is 8.74. The van der Waals surface area contributed by atoms with Gasteiger partial charge in [-0.25, -0.2) is 9.37 Å². The molecule has 0 aliphatic rings. The van der Waals surface area contributed by atoms with E-state index in [-0.39, 0.29) is 5.82 Å². The number of benzene rings is 1. The minimum atomic E-state index is -0.181. The monoisotopic (exact) mass is 247 g/mol. The molecule has 0 saturated carbocycles. The Morgan fingerprint density at radius 1 is 1.33 bits per heavy atom. The molecule has 0 spiro atoms. The van der Waals surface area contributed by atoms with E-state index in [2.05, 4.69) is 17.2 Å². The highest BCUT2D eigenvalue weighted by molar-refractivity contribution is 5.16. The third-order valence-corrected chi connectivity index (χ3v) is 2.88. The van der Waals surface area contributed by atoms with Crippen LogP contribution < -0.4 is 5.32 Å². The van der Waals surface area contributed by atoms with Crippen molar-refractivity contribution in [2.24, 2.45) is 0 Å². The van der Waals surface area contributed by atoms with Crippen LogP contribution in [0, 0.1) is 5.82 Å². The van der Waals surface area contributed by atoms with Crippen molar-refractivity contribution in [3.63, 3.8) is 0 Å². The number of aromatic nitrogens is 2. The van der Waals surface area contributed by atoms with Gasteiger partial charge in [0, 0.05) is 31.5 Å². The molecule has 1 N–H and O–H groups in total. The Hall–Kier alpha value is -1.68. The molecule has 2 rings (SSSR count). The fraction of sp³-hybridized carbons (Fsp3) is 0.357. The second-order valence-electron chi connectivity index (χ2n) is 4.49. The van der Waals surface area contributed by atoms with Gasteiger partial charge in [0.25, 0.3) is 0 Å². The van der Waals surface area contributed by atoms with Crippen molar-refractivity contribution in [1.29, 1.82) is 0 Å². The molecule has 1 atom stereocenters. The molecule has 1 aromatic heterocycles. The number of imidazole rings is 1. The fourth-order valence-electron chi connectivity index (χ4n) is 1.91. The molecule has 1 heterocycles. The third-order valence-electron chi connectivity index (χ3n) is 2.88. The Bertz CT molecular complexity index is 450. The van der Waals surface area contributed by atoms with E-state index in [0.29, 0.717) is 6.04 Å². The van der Waals surface area contributed by atoms with Gasteiger partial charge in [0.2, 0.25) is 0 Å². The van der Waals surface area contributed by atoms with E-state index >= 15 is 0 Å². The topological polar surface area (TPSA) is 29.9 Å². The summed E-state index contributed by atoms with van der Waals surface area (Å²) < 4.78 is 14.8. The average Bonchev–Trinajstić information content (AvgIpc) is 2.85. The molecule has 3 nitrogen and oxygen atoms in total. The third kappa shape index (κ3) is 3.96. The number of hydrogen-bond donors (Lipinski definition) is 1. The summed E-state index contributed by atoms with van der Waals surface area (Å²) in [7, 11) is 0. The van der Waals surface area contributed by atoms with E-state index in [9.17, 15) is 4.39 Å². The number of halogens is 1. The molecule has 96 valence electrons. The van der Waals surface area contributed by atoms with Crippen LogP contribution in [0.4, 0.5) is 4.39 Å². The second kappa shape index (κ2) is 6.31. The normalized spacial score (nSPS) is 12.6. The zero-order valence-electron chi connectivity index (χ0n) is 10.5. The molecule has 2 aromatic rings. The molecular weight excluding hydrogens is 229 g/mol. The quantitative estimate of drug-likeness (QED) is 0.848. The van der Waals surface area contributed by atoms with Crippen molar-refractivity contribution in [1.82, 2.24) is 14.9 Å². The van der Waals surface area contributed by atoms with Gasteiger partial charge in [-0.1, -0.05) is 12.1 Å². The Labute approximate surface area is 107 Å². The van der Waals surface area contributed by atoms with E-state index < -0.39 is 0 Å². The van der Waals surface area contributed by atoms with E-state index in [4.69, 9.17) is 0 Å². The van der Waals surface area contributed by atoms with Gasteiger partial charge >= 0.3 is 0 Å². The van der Waals surface area contributed by atoms with E-state index in [1.165, 1.54) is 12.1 Å². The van der Waals surface area contributed by atoms with Crippen LogP contribution in [-0.4, -0.2) is 22.1 Å². The predicted molar refractivity (Wildman–Crippen MR) is 69.8 cm³/mol. The van der Waals surface area contributed by atoms with Crippen LogP contribution in [0.15, 0.2) is 43.0 Å². The van der Waals surface area contributed by atoms with Gasteiger partial charge in [-0.15, -0.1) is 0 Å². The maximum Gasteiger partial charge on any atom is 0.123 e. The molecule has 1 unspecified atom stereocenters. The molecule has 0 aliphatic heterocycles. The fourth-order valence-corrected chi connectivity index (χ4v) is 1.91. The van der Waals surface area contributed by atoms with Gasteiger partial charge in [0.1, 0.15) is 5.82 Å².